The number of aromatic nitrogens is 2. The highest BCUT2D eigenvalue weighted by Crippen LogP contribution is 2.25. The molecule has 1 atom stereocenters. The molecule has 2 heterocycles. The van der Waals surface area contributed by atoms with Gasteiger partial charge in [-0.25, -0.2) is 0 Å². The van der Waals surface area contributed by atoms with Crippen LogP contribution in [0.15, 0.2) is 0 Å². The van der Waals surface area contributed by atoms with Crippen molar-refractivity contribution in [3.8, 4) is 0 Å². The predicted octanol–water partition coefficient (Wildman–Crippen LogP) is 2.01. The Morgan fingerprint density at radius 1 is 1.53 bits per heavy atom. The lowest BCUT2D eigenvalue weighted by molar-refractivity contribution is 0.643. The van der Waals surface area contributed by atoms with Crippen LogP contribution >= 0.6 is 11.8 Å². The van der Waals surface area contributed by atoms with Gasteiger partial charge in [0, 0.05) is 29.6 Å². The van der Waals surface area contributed by atoms with Gasteiger partial charge in [0.25, 0.3) is 0 Å². The van der Waals surface area contributed by atoms with Gasteiger partial charge in [-0.2, -0.15) is 16.9 Å². The molecule has 0 aromatic carbocycles. The number of nitrogens with zero attached hydrogens (tertiary/aromatic N) is 1. The van der Waals surface area contributed by atoms with Crippen LogP contribution in [0.1, 0.15) is 29.8 Å². The van der Waals surface area contributed by atoms with Gasteiger partial charge in [0.15, 0.2) is 0 Å². The number of nitrogens with one attached hydrogen (secondary N) is 2. The first-order chi connectivity index (χ1) is 7.27. The van der Waals surface area contributed by atoms with E-state index in [1.807, 2.05) is 0 Å². The predicted molar refractivity (Wildman–Crippen MR) is 65.2 cm³/mol. The van der Waals surface area contributed by atoms with Gasteiger partial charge in [-0.15, -0.1) is 0 Å². The summed E-state index contributed by atoms with van der Waals surface area (Å²) in [5.74, 6) is 1.34. The molecule has 0 saturated carbocycles. The molecule has 1 saturated heterocycles. The summed E-state index contributed by atoms with van der Waals surface area (Å²) >= 11 is 2.10. The maximum Gasteiger partial charge on any atom is 0.0638 e. The lowest BCUT2D eigenvalue weighted by Gasteiger charge is -2.09. The van der Waals surface area contributed by atoms with Gasteiger partial charge in [-0.1, -0.05) is 0 Å². The van der Waals surface area contributed by atoms with E-state index in [1.165, 1.54) is 29.9 Å². The Morgan fingerprint density at radius 2 is 2.40 bits per heavy atom. The smallest absolute Gasteiger partial charge is 0.0638 e. The van der Waals surface area contributed by atoms with Crippen LogP contribution in [0.4, 0.5) is 0 Å². The molecule has 2 N–H and O–H groups in total. The molecule has 15 heavy (non-hydrogen) atoms. The summed E-state index contributed by atoms with van der Waals surface area (Å²) in [5.41, 5.74) is 3.65. The molecule has 0 bridgehead atoms. The summed E-state index contributed by atoms with van der Waals surface area (Å²) in [6.07, 6.45) is 2.77. The maximum absolute atomic E-state index is 4.20. The van der Waals surface area contributed by atoms with Crippen LogP contribution < -0.4 is 5.32 Å². The number of H-pyrrole nitrogens is 1. The lowest BCUT2D eigenvalue weighted by Crippen LogP contribution is -2.23. The van der Waals surface area contributed by atoms with Gasteiger partial charge in [0.05, 0.1) is 5.69 Å². The second-order valence-corrected chi connectivity index (χ2v) is 5.59. The molecule has 84 valence electrons. The Balaban J connectivity index is 1.77. The molecule has 0 spiro atoms. The standard InChI is InChI=1S/C11H19N3S/c1-8-11(9(2)14-13-8)7-12-6-10-4-3-5-15-10/h10,12H,3-7H2,1-2H3,(H,13,14). The van der Waals surface area contributed by atoms with E-state index in [1.54, 1.807) is 0 Å². The number of rotatable bonds is 4. The Bertz CT molecular complexity index is 296. The van der Waals surface area contributed by atoms with E-state index in [2.05, 4.69) is 41.1 Å². The summed E-state index contributed by atoms with van der Waals surface area (Å²) in [4.78, 5) is 0. The minimum Gasteiger partial charge on any atom is -0.311 e. The van der Waals surface area contributed by atoms with E-state index in [4.69, 9.17) is 0 Å². The topological polar surface area (TPSA) is 40.7 Å². The Kier molecular flexibility index (Phi) is 3.70. The molecule has 3 nitrogen and oxygen atoms in total. The first-order valence-electron chi connectivity index (χ1n) is 5.60. The normalized spacial score (nSPS) is 21.1. The molecule has 2 rings (SSSR count). The monoisotopic (exact) mass is 225 g/mol. The highest BCUT2D eigenvalue weighted by atomic mass is 32.2. The van der Waals surface area contributed by atoms with Crippen molar-refractivity contribution in [2.45, 2.75) is 38.5 Å². The van der Waals surface area contributed by atoms with Crippen molar-refractivity contribution in [1.82, 2.24) is 15.5 Å². The number of hydrogen-bond acceptors (Lipinski definition) is 3. The van der Waals surface area contributed by atoms with Crippen molar-refractivity contribution in [3.63, 3.8) is 0 Å². The first-order valence-corrected chi connectivity index (χ1v) is 6.65. The largest absolute Gasteiger partial charge is 0.311 e. The minimum absolute atomic E-state index is 0.831. The molecule has 4 heteroatoms. The van der Waals surface area contributed by atoms with Crippen LogP contribution in [0, 0.1) is 13.8 Å². The van der Waals surface area contributed by atoms with Crippen LogP contribution in [-0.2, 0) is 6.54 Å². The molecule has 1 aromatic rings. The fraction of sp³-hybridized carbons (Fsp3) is 0.727. The summed E-state index contributed by atoms with van der Waals surface area (Å²) in [5, 5.41) is 11.6. The molecule has 1 aliphatic heterocycles. The maximum atomic E-state index is 4.20. The number of thioether (sulfide) groups is 1. The zero-order chi connectivity index (χ0) is 10.7. The molecule has 0 amide bonds. The fourth-order valence-corrected chi connectivity index (χ4v) is 3.23. The van der Waals surface area contributed by atoms with Gasteiger partial charge in [0.1, 0.15) is 0 Å². The zero-order valence-corrected chi connectivity index (χ0v) is 10.3. The quantitative estimate of drug-likeness (QED) is 0.823. The molecule has 0 aliphatic carbocycles. The van der Waals surface area contributed by atoms with E-state index >= 15 is 0 Å². The first kappa shape index (κ1) is 11.0. The van der Waals surface area contributed by atoms with E-state index in [0.717, 1.165) is 24.0 Å². The van der Waals surface area contributed by atoms with Crippen molar-refractivity contribution < 1.29 is 0 Å². The van der Waals surface area contributed by atoms with Crippen molar-refractivity contribution in [2.75, 3.05) is 12.3 Å². The Hall–Kier alpha value is -0.480. The minimum atomic E-state index is 0.831. The van der Waals surface area contributed by atoms with Crippen LogP contribution in [-0.4, -0.2) is 27.7 Å². The van der Waals surface area contributed by atoms with E-state index in [-0.39, 0.29) is 0 Å². The van der Waals surface area contributed by atoms with Crippen LogP contribution in [0.3, 0.4) is 0 Å². The van der Waals surface area contributed by atoms with Gasteiger partial charge >= 0.3 is 0 Å². The van der Waals surface area contributed by atoms with Gasteiger partial charge in [-0.3, -0.25) is 5.10 Å². The Morgan fingerprint density at radius 3 is 3.00 bits per heavy atom. The molecular weight excluding hydrogens is 206 g/mol. The van der Waals surface area contributed by atoms with Gasteiger partial charge in [0.2, 0.25) is 0 Å². The summed E-state index contributed by atoms with van der Waals surface area (Å²) < 4.78 is 0. The fourth-order valence-electron chi connectivity index (χ4n) is 2.00. The van der Waals surface area contributed by atoms with Crippen molar-refractivity contribution in [1.29, 1.82) is 0 Å². The molecule has 1 unspecified atom stereocenters. The van der Waals surface area contributed by atoms with Gasteiger partial charge < -0.3 is 5.32 Å². The average Bonchev–Trinajstić information content (AvgIpc) is 2.82. The SMILES string of the molecule is Cc1n[nH]c(C)c1CNCC1CCCS1. The van der Waals surface area contributed by atoms with Crippen molar-refractivity contribution in [3.05, 3.63) is 17.0 Å². The molecule has 1 aromatic heterocycles. The van der Waals surface area contributed by atoms with Crippen molar-refractivity contribution >= 4 is 11.8 Å². The highest BCUT2D eigenvalue weighted by molar-refractivity contribution is 8.00. The number of aryl methyl sites for hydroxylation is 2. The third kappa shape index (κ3) is 2.75. The van der Waals surface area contributed by atoms with Crippen LogP contribution in [0.2, 0.25) is 0 Å². The molecule has 1 fully saturated rings. The second kappa shape index (κ2) is 5.03. The summed E-state index contributed by atoms with van der Waals surface area (Å²) in [6, 6.07) is 0. The average molecular weight is 225 g/mol. The van der Waals surface area contributed by atoms with E-state index in [0.29, 0.717) is 0 Å². The van der Waals surface area contributed by atoms with E-state index in [9.17, 15) is 0 Å². The Labute approximate surface area is 95.4 Å². The highest BCUT2D eigenvalue weighted by Gasteiger charge is 2.15. The molecular formula is C11H19N3S. The van der Waals surface area contributed by atoms with Crippen molar-refractivity contribution in [2.24, 2.45) is 0 Å². The van der Waals surface area contributed by atoms with Crippen LogP contribution in [0.5, 0.6) is 0 Å². The van der Waals surface area contributed by atoms with Crippen LogP contribution in [0.25, 0.3) is 0 Å². The lowest BCUT2D eigenvalue weighted by atomic mass is 10.2. The molecule has 0 radical (unpaired) electrons. The number of hydrogen-bond donors (Lipinski definition) is 2. The summed E-state index contributed by atoms with van der Waals surface area (Å²) in [6.45, 7) is 6.23. The molecule has 1 aliphatic rings. The zero-order valence-electron chi connectivity index (χ0n) is 9.47. The second-order valence-electron chi connectivity index (χ2n) is 4.18. The third-order valence-electron chi connectivity index (χ3n) is 2.98. The van der Waals surface area contributed by atoms with Gasteiger partial charge in [-0.05, 0) is 32.4 Å². The number of aromatic amines is 1. The summed E-state index contributed by atoms with van der Waals surface area (Å²) in [7, 11) is 0. The third-order valence-corrected chi connectivity index (χ3v) is 4.38. The van der Waals surface area contributed by atoms with E-state index < -0.39 is 0 Å².